The van der Waals surface area contributed by atoms with Crippen molar-refractivity contribution in [2.75, 3.05) is 32.8 Å². The Morgan fingerprint density at radius 2 is 2.29 bits per heavy atom. The van der Waals surface area contributed by atoms with Gasteiger partial charge in [0.2, 0.25) is 5.91 Å². The van der Waals surface area contributed by atoms with Gasteiger partial charge in [0, 0.05) is 31.9 Å². The van der Waals surface area contributed by atoms with E-state index in [1.54, 1.807) is 12.1 Å². The number of pyridine rings is 1. The molecule has 2 aliphatic heterocycles. The van der Waals surface area contributed by atoms with Crippen molar-refractivity contribution in [2.24, 2.45) is 0 Å². The molecule has 0 bridgehead atoms. The van der Waals surface area contributed by atoms with Crippen LogP contribution in [0, 0.1) is 6.92 Å². The quantitative estimate of drug-likeness (QED) is 0.880. The fourth-order valence-electron chi connectivity index (χ4n) is 2.96. The van der Waals surface area contributed by atoms with E-state index < -0.39 is 0 Å². The van der Waals surface area contributed by atoms with Crippen LogP contribution in [0.2, 0.25) is 0 Å². The lowest BCUT2D eigenvalue weighted by molar-refractivity contribution is -0.139. The molecule has 0 aromatic carbocycles. The highest BCUT2D eigenvalue weighted by atomic mass is 16.5. The van der Waals surface area contributed by atoms with E-state index in [-0.39, 0.29) is 17.7 Å². The van der Waals surface area contributed by atoms with E-state index in [0.29, 0.717) is 25.4 Å². The smallest absolute Gasteiger partial charge is 0.237 e. The van der Waals surface area contributed by atoms with Gasteiger partial charge < -0.3 is 14.7 Å². The van der Waals surface area contributed by atoms with Crippen LogP contribution in [-0.4, -0.2) is 64.7 Å². The third-order valence-electron chi connectivity index (χ3n) is 4.15. The van der Waals surface area contributed by atoms with Crippen molar-refractivity contribution in [2.45, 2.75) is 25.9 Å². The summed E-state index contributed by atoms with van der Waals surface area (Å²) in [7, 11) is 0. The molecule has 21 heavy (non-hydrogen) atoms. The topological polar surface area (TPSA) is 65.9 Å². The molecule has 2 saturated heterocycles. The first-order chi connectivity index (χ1) is 10.1. The van der Waals surface area contributed by atoms with E-state index >= 15 is 0 Å². The fraction of sp³-hybridized carbons (Fsp3) is 0.600. The van der Waals surface area contributed by atoms with E-state index in [4.69, 9.17) is 4.74 Å². The highest BCUT2D eigenvalue weighted by molar-refractivity contribution is 5.79. The van der Waals surface area contributed by atoms with E-state index in [9.17, 15) is 9.90 Å². The average Bonchev–Trinajstić information content (AvgIpc) is 2.97. The molecule has 0 spiro atoms. The molecule has 2 aliphatic rings. The summed E-state index contributed by atoms with van der Waals surface area (Å²) in [6.07, 6.45) is 0.936. The highest BCUT2D eigenvalue weighted by Crippen LogP contribution is 2.20. The molecule has 1 amide bonds. The van der Waals surface area contributed by atoms with E-state index in [1.807, 2.05) is 16.7 Å². The van der Waals surface area contributed by atoms with E-state index in [0.717, 1.165) is 31.8 Å². The number of nitrogens with zero attached hydrogens (tertiary/aromatic N) is 3. The SMILES string of the molecule is Cc1ccc(O)c(CN2CCN(C3CCOC3)C(=O)C2)n1. The van der Waals surface area contributed by atoms with Crippen LogP contribution in [0.1, 0.15) is 17.8 Å². The molecule has 0 radical (unpaired) electrons. The zero-order valence-electron chi connectivity index (χ0n) is 12.3. The van der Waals surface area contributed by atoms with Crippen molar-refractivity contribution in [3.63, 3.8) is 0 Å². The number of aryl methyl sites for hydroxylation is 1. The Hall–Kier alpha value is -1.66. The Bertz CT molecular complexity index is 529. The van der Waals surface area contributed by atoms with Crippen molar-refractivity contribution in [3.8, 4) is 5.75 Å². The number of ether oxygens (including phenoxy) is 1. The van der Waals surface area contributed by atoms with Gasteiger partial charge in [0.1, 0.15) is 5.75 Å². The summed E-state index contributed by atoms with van der Waals surface area (Å²) in [6.45, 7) is 5.72. The summed E-state index contributed by atoms with van der Waals surface area (Å²) in [4.78, 5) is 20.6. The Labute approximate surface area is 124 Å². The largest absolute Gasteiger partial charge is 0.506 e. The Morgan fingerprint density at radius 1 is 1.43 bits per heavy atom. The zero-order valence-corrected chi connectivity index (χ0v) is 12.3. The fourth-order valence-corrected chi connectivity index (χ4v) is 2.96. The number of aromatic nitrogens is 1. The average molecular weight is 291 g/mol. The van der Waals surface area contributed by atoms with Crippen molar-refractivity contribution in [1.82, 2.24) is 14.8 Å². The number of rotatable bonds is 3. The number of hydrogen-bond acceptors (Lipinski definition) is 5. The molecule has 3 rings (SSSR count). The Balaban J connectivity index is 1.61. The monoisotopic (exact) mass is 291 g/mol. The minimum absolute atomic E-state index is 0.142. The van der Waals surface area contributed by atoms with Crippen LogP contribution >= 0.6 is 0 Å². The van der Waals surface area contributed by atoms with Crippen LogP contribution in [0.3, 0.4) is 0 Å². The maximum Gasteiger partial charge on any atom is 0.237 e. The summed E-state index contributed by atoms with van der Waals surface area (Å²) >= 11 is 0. The zero-order chi connectivity index (χ0) is 14.8. The second-order valence-corrected chi connectivity index (χ2v) is 5.73. The molecule has 0 aliphatic carbocycles. The van der Waals surface area contributed by atoms with Gasteiger partial charge >= 0.3 is 0 Å². The van der Waals surface area contributed by atoms with Crippen LogP contribution in [0.5, 0.6) is 5.75 Å². The molecular weight excluding hydrogens is 270 g/mol. The standard InChI is InChI=1S/C15H21N3O3/c1-11-2-3-14(19)13(16-11)8-17-5-6-18(15(20)9-17)12-4-7-21-10-12/h2-3,12,19H,4-10H2,1H3. The molecule has 6 nitrogen and oxygen atoms in total. The molecule has 114 valence electrons. The second-order valence-electron chi connectivity index (χ2n) is 5.73. The van der Waals surface area contributed by atoms with Gasteiger partial charge in [-0.2, -0.15) is 0 Å². The van der Waals surface area contributed by atoms with Crippen LogP contribution in [0.15, 0.2) is 12.1 Å². The molecular formula is C15H21N3O3. The van der Waals surface area contributed by atoms with Crippen LogP contribution in [0.25, 0.3) is 0 Å². The Kier molecular flexibility index (Phi) is 4.07. The lowest BCUT2D eigenvalue weighted by atomic mass is 10.1. The highest BCUT2D eigenvalue weighted by Gasteiger charge is 2.31. The predicted molar refractivity (Wildman–Crippen MR) is 76.9 cm³/mol. The minimum Gasteiger partial charge on any atom is -0.506 e. The second kappa shape index (κ2) is 5.99. The third-order valence-corrected chi connectivity index (χ3v) is 4.15. The van der Waals surface area contributed by atoms with Gasteiger partial charge in [-0.1, -0.05) is 0 Å². The molecule has 3 heterocycles. The molecule has 0 saturated carbocycles. The maximum atomic E-state index is 12.3. The summed E-state index contributed by atoms with van der Waals surface area (Å²) in [6, 6.07) is 3.68. The minimum atomic E-state index is 0.142. The third kappa shape index (κ3) is 3.16. The predicted octanol–water partition coefficient (Wildman–Crippen LogP) is 0.529. The number of piperazine rings is 1. The summed E-state index contributed by atoms with van der Waals surface area (Å²) in [5.74, 6) is 0.337. The van der Waals surface area contributed by atoms with Gasteiger partial charge in [-0.15, -0.1) is 0 Å². The van der Waals surface area contributed by atoms with Gasteiger partial charge in [-0.3, -0.25) is 14.7 Å². The van der Waals surface area contributed by atoms with Crippen molar-refractivity contribution >= 4 is 5.91 Å². The first-order valence-corrected chi connectivity index (χ1v) is 7.38. The molecule has 1 aromatic rings. The molecule has 1 N–H and O–H groups in total. The number of carbonyl (C=O) groups excluding carboxylic acids is 1. The molecule has 1 aromatic heterocycles. The van der Waals surface area contributed by atoms with Gasteiger partial charge in [0.25, 0.3) is 0 Å². The van der Waals surface area contributed by atoms with Gasteiger partial charge in [-0.05, 0) is 25.5 Å². The van der Waals surface area contributed by atoms with E-state index in [1.165, 1.54) is 0 Å². The summed E-state index contributed by atoms with van der Waals surface area (Å²) in [5.41, 5.74) is 1.51. The van der Waals surface area contributed by atoms with Crippen LogP contribution < -0.4 is 0 Å². The molecule has 6 heteroatoms. The molecule has 1 atom stereocenters. The van der Waals surface area contributed by atoms with Crippen LogP contribution in [0.4, 0.5) is 0 Å². The van der Waals surface area contributed by atoms with Gasteiger partial charge in [0.05, 0.1) is 24.9 Å². The van der Waals surface area contributed by atoms with Gasteiger partial charge in [0.15, 0.2) is 0 Å². The normalized spacial score (nSPS) is 23.8. The number of amides is 1. The van der Waals surface area contributed by atoms with Crippen LogP contribution in [-0.2, 0) is 16.1 Å². The summed E-state index contributed by atoms with van der Waals surface area (Å²) in [5, 5.41) is 9.86. The van der Waals surface area contributed by atoms with Crippen molar-refractivity contribution in [3.05, 3.63) is 23.5 Å². The molecule has 1 unspecified atom stereocenters. The first kappa shape index (κ1) is 14.3. The molecule has 2 fully saturated rings. The van der Waals surface area contributed by atoms with Crippen molar-refractivity contribution in [1.29, 1.82) is 0 Å². The maximum absolute atomic E-state index is 12.3. The van der Waals surface area contributed by atoms with E-state index in [2.05, 4.69) is 4.98 Å². The first-order valence-electron chi connectivity index (χ1n) is 7.38. The number of hydrogen-bond donors (Lipinski definition) is 1. The summed E-state index contributed by atoms with van der Waals surface area (Å²) < 4.78 is 5.36. The van der Waals surface area contributed by atoms with Gasteiger partial charge in [-0.25, -0.2) is 0 Å². The number of aromatic hydroxyl groups is 1. The Morgan fingerprint density at radius 3 is 3.00 bits per heavy atom. The number of carbonyl (C=O) groups is 1. The van der Waals surface area contributed by atoms with Crippen molar-refractivity contribution < 1.29 is 14.6 Å². The lowest BCUT2D eigenvalue weighted by Crippen LogP contribution is -2.53. The lowest BCUT2D eigenvalue weighted by Gasteiger charge is -2.37.